The van der Waals surface area contributed by atoms with Crippen molar-refractivity contribution in [2.75, 3.05) is 43.1 Å². The van der Waals surface area contributed by atoms with Gasteiger partial charge in [0.25, 0.3) is 0 Å². The molecular weight excluding hydrogens is 360 g/mol. The molecule has 0 aromatic heterocycles. The van der Waals surface area contributed by atoms with Crippen molar-refractivity contribution in [2.24, 2.45) is 4.99 Å². The number of aliphatic imine (C=N–C) groups is 1. The van der Waals surface area contributed by atoms with Crippen LogP contribution in [0.2, 0.25) is 5.02 Å². The molecule has 0 saturated carbocycles. The van der Waals surface area contributed by atoms with Crippen molar-refractivity contribution in [3.8, 4) is 0 Å². The van der Waals surface area contributed by atoms with E-state index in [0.717, 1.165) is 42.7 Å². The SMILES string of the molecule is CCNC(=NCCCS(C)(=O)=O)NC1CCN(c2cccc(Cl)c2)C1. The molecule has 1 aliphatic heterocycles. The fourth-order valence-corrected chi connectivity index (χ4v) is 3.65. The van der Waals surface area contributed by atoms with Gasteiger partial charge in [0.1, 0.15) is 9.84 Å². The van der Waals surface area contributed by atoms with Crippen molar-refractivity contribution in [3.05, 3.63) is 29.3 Å². The average molecular weight is 387 g/mol. The highest BCUT2D eigenvalue weighted by atomic mass is 35.5. The molecule has 0 radical (unpaired) electrons. The molecule has 1 unspecified atom stereocenters. The molecule has 1 aromatic rings. The minimum atomic E-state index is -2.93. The summed E-state index contributed by atoms with van der Waals surface area (Å²) in [5.74, 6) is 0.913. The molecule has 2 rings (SSSR count). The number of nitrogens with zero attached hydrogens (tertiary/aromatic N) is 2. The molecule has 1 aliphatic rings. The van der Waals surface area contributed by atoms with Crippen LogP contribution in [-0.4, -0.2) is 58.6 Å². The van der Waals surface area contributed by atoms with Crippen LogP contribution in [-0.2, 0) is 9.84 Å². The zero-order valence-electron chi connectivity index (χ0n) is 14.8. The predicted octanol–water partition coefficient (Wildman–Crippen LogP) is 1.91. The quantitative estimate of drug-likeness (QED) is 0.425. The van der Waals surface area contributed by atoms with E-state index >= 15 is 0 Å². The van der Waals surface area contributed by atoms with Crippen LogP contribution in [0.1, 0.15) is 19.8 Å². The van der Waals surface area contributed by atoms with Gasteiger partial charge in [-0.05, 0) is 38.0 Å². The number of rotatable bonds is 7. The number of halogens is 1. The third kappa shape index (κ3) is 7.12. The van der Waals surface area contributed by atoms with Crippen LogP contribution in [0.25, 0.3) is 0 Å². The Morgan fingerprint density at radius 1 is 1.44 bits per heavy atom. The lowest BCUT2D eigenvalue weighted by molar-refractivity contribution is 0.599. The second kappa shape index (κ2) is 9.29. The molecule has 1 fully saturated rings. The van der Waals surface area contributed by atoms with E-state index in [1.165, 1.54) is 6.26 Å². The van der Waals surface area contributed by atoms with Gasteiger partial charge in [-0.1, -0.05) is 17.7 Å². The molecule has 1 aromatic carbocycles. The molecule has 1 saturated heterocycles. The van der Waals surface area contributed by atoms with E-state index in [-0.39, 0.29) is 5.75 Å². The van der Waals surface area contributed by atoms with E-state index in [1.807, 2.05) is 25.1 Å². The second-order valence-electron chi connectivity index (χ2n) is 6.30. The van der Waals surface area contributed by atoms with Gasteiger partial charge in [-0.3, -0.25) is 4.99 Å². The molecule has 0 amide bonds. The van der Waals surface area contributed by atoms with Gasteiger partial charge in [0.2, 0.25) is 0 Å². The van der Waals surface area contributed by atoms with Gasteiger partial charge >= 0.3 is 0 Å². The molecule has 8 heteroatoms. The minimum Gasteiger partial charge on any atom is -0.369 e. The third-order valence-electron chi connectivity index (χ3n) is 3.99. The van der Waals surface area contributed by atoms with Gasteiger partial charge in [-0.2, -0.15) is 0 Å². The average Bonchev–Trinajstić information content (AvgIpc) is 2.99. The number of nitrogens with one attached hydrogen (secondary N) is 2. The molecule has 2 N–H and O–H groups in total. The maximum absolute atomic E-state index is 11.2. The summed E-state index contributed by atoms with van der Waals surface area (Å²) in [4.78, 5) is 6.78. The maximum Gasteiger partial charge on any atom is 0.191 e. The van der Waals surface area contributed by atoms with Crippen molar-refractivity contribution in [1.82, 2.24) is 10.6 Å². The van der Waals surface area contributed by atoms with E-state index in [4.69, 9.17) is 11.6 Å². The highest BCUT2D eigenvalue weighted by molar-refractivity contribution is 7.90. The Hall–Kier alpha value is -1.47. The first-order valence-electron chi connectivity index (χ1n) is 8.60. The minimum absolute atomic E-state index is 0.169. The number of guanidine groups is 1. The predicted molar refractivity (Wildman–Crippen MR) is 106 cm³/mol. The largest absolute Gasteiger partial charge is 0.369 e. The summed E-state index contributed by atoms with van der Waals surface area (Å²) in [5.41, 5.74) is 1.13. The lowest BCUT2D eigenvalue weighted by Gasteiger charge is -2.20. The summed E-state index contributed by atoms with van der Waals surface area (Å²) < 4.78 is 22.4. The molecule has 1 heterocycles. The molecule has 0 bridgehead atoms. The van der Waals surface area contributed by atoms with Crippen LogP contribution in [0.3, 0.4) is 0 Å². The van der Waals surface area contributed by atoms with Gasteiger partial charge in [0, 0.05) is 49.2 Å². The topological polar surface area (TPSA) is 73.8 Å². The van der Waals surface area contributed by atoms with E-state index in [0.29, 0.717) is 19.0 Å². The number of anilines is 1. The van der Waals surface area contributed by atoms with Gasteiger partial charge in [0.15, 0.2) is 5.96 Å². The molecule has 0 spiro atoms. The van der Waals surface area contributed by atoms with Crippen LogP contribution in [0.4, 0.5) is 5.69 Å². The van der Waals surface area contributed by atoms with Crippen LogP contribution in [0.15, 0.2) is 29.3 Å². The first-order valence-corrected chi connectivity index (χ1v) is 11.0. The van der Waals surface area contributed by atoms with Gasteiger partial charge in [0.05, 0.1) is 5.75 Å². The summed E-state index contributed by atoms with van der Waals surface area (Å²) in [6, 6.07) is 8.19. The van der Waals surface area contributed by atoms with Gasteiger partial charge in [-0.25, -0.2) is 8.42 Å². The number of hydrogen-bond acceptors (Lipinski definition) is 4. The summed E-state index contributed by atoms with van der Waals surface area (Å²) in [5, 5.41) is 7.41. The number of sulfone groups is 1. The monoisotopic (exact) mass is 386 g/mol. The Balaban J connectivity index is 1.87. The van der Waals surface area contributed by atoms with Crippen LogP contribution < -0.4 is 15.5 Å². The van der Waals surface area contributed by atoms with Crippen molar-refractivity contribution in [2.45, 2.75) is 25.8 Å². The Kier molecular flexibility index (Phi) is 7.38. The number of benzene rings is 1. The van der Waals surface area contributed by atoms with Gasteiger partial charge in [-0.15, -0.1) is 0 Å². The summed E-state index contributed by atoms with van der Waals surface area (Å²) in [6.07, 6.45) is 2.80. The Labute approximate surface area is 155 Å². The molecule has 1 atom stereocenters. The summed E-state index contributed by atoms with van der Waals surface area (Å²) >= 11 is 6.07. The van der Waals surface area contributed by atoms with Gasteiger partial charge < -0.3 is 15.5 Å². The smallest absolute Gasteiger partial charge is 0.191 e. The molecule has 6 nitrogen and oxygen atoms in total. The fraction of sp³-hybridized carbons (Fsp3) is 0.588. The zero-order valence-corrected chi connectivity index (χ0v) is 16.4. The van der Waals surface area contributed by atoms with E-state index in [2.05, 4.69) is 26.6 Å². The Morgan fingerprint density at radius 3 is 2.92 bits per heavy atom. The number of hydrogen-bond donors (Lipinski definition) is 2. The van der Waals surface area contributed by atoms with Crippen LogP contribution >= 0.6 is 11.6 Å². The molecule has 25 heavy (non-hydrogen) atoms. The zero-order chi connectivity index (χ0) is 18.3. The van der Waals surface area contributed by atoms with E-state index < -0.39 is 9.84 Å². The maximum atomic E-state index is 11.2. The van der Waals surface area contributed by atoms with Crippen molar-refractivity contribution in [3.63, 3.8) is 0 Å². The Bertz CT molecular complexity index is 694. The highest BCUT2D eigenvalue weighted by Crippen LogP contribution is 2.23. The molecule has 0 aliphatic carbocycles. The summed E-state index contributed by atoms with van der Waals surface area (Å²) in [7, 11) is -2.93. The normalized spacial score (nSPS) is 18.4. The first kappa shape index (κ1) is 19.8. The third-order valence-corrected chi connectivity index (χ3v) is 5.26. The lowest BCUT2D eigenvalue weighted by Crippen LogP contribution is -2.44. The van der Waals surface area contributed by atoms with Crippen molar-refractivity contribution in [1.29, 1.82) is 0 Å². The van der Waals surface area contributed by atoms with Crippen molar-refractivity contribution >= 4 is 33.1 Å². The fourth-order valence-electron chi connectivity index (χ4n) is 2.82. The summed E-state index contributed by atoms with van der Waals surface area (Å²) in [6.45, 7) is 5.12. The second-order valence-corrected chi connectivity index (χ2v) is 9.00. The van der Waals surface area contributed by atoms with E-state index in [1.54, 1.807) is 0 Å². The molecular formula is C17H27ClN4O2S. The first-order chi connectivity index (χ1) is 11.9. The lowest BCUT2D eigenvalue weighted by atomic mass is 10.2. The van der Waals surface area contributed by atoms with Crippen LogP contribution in [0, 0.1) is 0 Å². The molecule has 140 valence electrons. The highest BCUT2D eigenvalue weighted by Gasteiger charge is 2.23. The van der Waals surface area contributed by atoms with E-state index in [9.17, 15) is 8.42 Å². The Morgan fingerprint density at radius 2 is 2.24 bits per heavy atom. The van der Waals surface area contributed by atoms with Crippen LogP contribution in [0.5, 0.6) is 0 Å². The van der Waals surface area contributed by atoms with Crippen molar-refractivity contribution < 1.29 is 8.42 Å². The standard InChI is InChI=1S/C17H27ClN4O2S/c1-3-19-17(20-9-5-11-25(2,23)24)21-15-8-10-22(13-15)16-7-4-6-14(18)12-16/h4,6-7,12,15H,3,5,8-11,13H2,1-2H3,(H2,19,20,21).